The molecule has 33 heavy (non-hydrogen) atoms. The number of amides is 1. The summed E-state index contributed by atoms with van der Waals surface area (Å²) < 4.78 is 41.4. The number of aromatic nitrogens is 2. The van der Waals surface area contributed by atoms with Gasteiger partial charge in [0.1, 0.15) is 5.82 Å². The van der Waals surface area contributed by atoms with Crippen LogP contribution < -0.4 is 0 Å². The average Bonchev–Trinajstić information content (AvgIpc) is 3.36. The van der Waals surface area contributed by atoms with Gasteiger partial charge < -0.3 is 14.6 Å². The summed E-state index contributed by atoms with van der Waals surface area (Å²) in [6.07, 6.45) is -3.60. The van der Waals surface area contributed by atoms with Crippen LogP contribution in [0.4, 0.5) is 13.2 Å². The monoisotopic (exact) mass is 499 g/mol. The molecule has 5 nitrogen and oxygen atoms in total. The van der Waals surface area contributed by atoms with Gasteiger partial charge in [0, 0.05) is 44.1 Å². The van der Waals surface area contributed by atoms with Gasteiger partial charge in [-0.2, -0.15) is 13.2 Å². The summed E-state index contributed by atoms with van der Waals surface area (Å²) in [5.41, 5.74) is 1.27. The molecule has 0 radical (unpaired) electrons. The lowest BCUT2D eigenvalue weighted by Crippen LogP contribution is -2.29. The zero-order valence-corrected chi connectivity index (χ0v) is 19.5. The fraction of sp³-hybridized carbons (Fsp3) is 0.391. The predicted octanol–water partition coefficient (Wildman–Crippen LogP) is 5.25. The van der Waals surface area contributed by atoms with E-state index in [0.717, 1.165) is 18.6 Å². The largest absolute Gasteiger partial charge is 0.416 e. The van der Waals surface area contributed by atoms with E-state index in [1.165, 1.54) is 0 Å². The summed E-state index contributed by atoms with van der Waals surface area (Å²) in [4.78, 5) is 19.2. The first kappa shape index (κ1) is 23.9. The number of likely N-dealkylation sites (tertiary alicyclic amines) is 1. The van der Waals surface area contributed by atoms with E-state index in [1.54, 1.807) is 35.6 Å². The van der Waals surface area contributed by atoms with Gasteiger partial charge in [-0.15, -0.1) is 0 Å². The molecule has 0 spiro atoms. The Kier molecular flexibility index (Phi) is 6.37. The van der Waals surface area contributed by atoms with E-state index in [9.17, 15) is 23.1 Å². The summed E-state index contributed by atoms with van der Waals surface area (Å²) in [6.45, 7) is 2.59. The Bertz CT molecular complexity index is 1240. The first-order valence-electron chi connectivity index (χ1n) is 10.4. The Balaban J connectivity index is 1.71. The summed E-state index contributed by atoms with van der Waals surface area (Å²) in [5.74, 6) is 0.274. The summed E-state index contributed by atoms with van der Waals surface area (Å²) in [5, 5.41) is 9.88. The molecule has 0 saturated carbocycles. The van der Waals surface area contributed by atoms with Crippen molar-refractivity contribution < 1.29 is 23.1 Å². The highest BCUT2D eigenvalue weighted by molar-refractivity contribution is 6.38. The third-order valence-corrected chi connectivity index (χ3v) is 6.97. The number of carbonyl (C=O) groups is 1. The van der Waals surface area contributed by atoms with Crippen molar-refractivity contribution in [1.29, 1.82) is 0 Å². The number of aliphatic hydroxyl groups is 1. The predicted molar refractivity (Wildman–Crippen MR) is 121 cm³/mol. The molecule has 1 aliphatic rings. The van der Waals surface area contributed by atoms with Crippen LogP contribution in [0.1, 0.15) is 39.3 Å². The van der Waals surface area contributed by atoms with E-state index in [0.29, 0.717) is 51.7 Å². The summed E-state index contributed by atoms with van der Waals surface area (Å²) >= 11 is 13.0. The van der Waals surface area contributed by atoms with E-state index in [1.807, 2.05) is 0 Å². The molecule has 1 fully saturated rings. The molecule has 2 aromatic carbocycles. The molecule has 2 heterocycles. The lowest BCUT2D eigenvalue weighted by atomic mass is 10.1. The van der Waals surface area contributed by atoms with Crippen LogP contribution in [0.15, 0.2) is 24.3 Å². The fourth-order valence-corrected chi connectivity index (χ4v) is 4.83. The Morgan fingerprint density at radius 3 is 2.64 bits per heavy atom. The molecule has 1 aliphatic heterocycles. The van der Waals surface area contributed by atoms with Crippen LogP contribution in [0.3, 0.4) is 0 Å². The molecule has 1 saturated heterocycles. The first-order chi connectivity index (χ1) is 15.5. The van der Waals surface area contributed by atoms with Crippen molar-refractivity contribution in [3.05, 3.63) is 62.4 Å². The Morgan fingerprint density at radius 2 is 2.00 bits per heavy atom. The lowest BCUT2D eigenvalue weighted by molar-refractivity contribution is -0.137. The van der Waals surface area contributed by atoms with Crippen molar-refractivity contribution in [3.63, 3.8) is 0 Å². The van der Waals surface area contributed by atoms with E-state index in [2.05, 4.69) is 4.98 Å². The number of nitrogens with zero attached hydrogens (tertiary/aromatic N) is 3. The van der Waals surface area contributed by atoms with Crippen LogP contribution in [-0.4, -0.2) is 45.2 Å². The van der Waals surface area contributed by atoms with Gasteiger partial charge in [-0.25, -0.2) is 4.98 Å². The second kappa shape index (κ2) is 8.81. The van der Waals surface area contributed by atoms with Crippen LogP contribution in [0, 0.1) is 12.8 Å². The molecule has 1 aromatic heterocycles. The molecule has 176 valence electrons. The maximum Gasteiger partial charge on any atom is 0.416 e. The molecule has 0 bridgehead atoms. The van der Waals surface area contributed by atoms with Crippen LogP contribution >= 0.6 is 23.2 Å². The van der Waals surface area contributed by atoms with Crippen molar-refractivity contribution in [3.8, 4) is 0 Å². The molecule has 1 amide bonds. The molecule has 1 N–H and O–H groups in total. The molecule has 10 heteroatoms. The minimum Gasteiger partial charge on any atom is -0.396 e. The normalized spacial score (nSPS) is 16.7. The Morgan fingerprint density at radius 1 is 1.27 bits per heavy atom. The lowest BCUT2D eigenvalue weighted by Gasteiger charge is -2.18. The third kappa shape index (κ3) is 4.44. The maximum absolute atomic E-state index is 13.3. The van der Waals surface area contributed by atoms with Crippen LogP contribution in [0.2, 0.25) is 10.0 Å². The van der Waals surface area contributed by atoms with E-state index < -0.39 is 11.7 Å². The van der Waals surface area contributed by atoms with E-state index in [4.69, 9.17) is 23.2 Å². The van der Waals surface area contributed by atoms with Crippen molar-refractivity contribution >= 4 is 40.1 Å². The number of imidazole rings is 1. The highest BCUT2D eigenvalue weighted by Crippen LogP contribution is 2.35. The van der Waals surface area contributed by atoms with Gasteiger partial charge >= 0.3 is 6.18 Å². The van der Waals surface area contributed by atoms with E-state index >= 15 is 0 Å². The quantitative estimate of drug-likeness (QED) is 0.533. The van der Waals surface area contributed by atoms with Crippen molar-refractivity contribution in [2.24, 2.45) is 13.0 Å². The van der Waals surface area contributed by atoms with E-state index in [-0.39, 0.29) is 29.9 Å². The second-order valence-electron chi connectivity index (χ2n) is 8.40. The zero-order valence-electron chi connectivity index (χ0n) is 18.0. The topological polar surface area (TPSA) is 58.4 Å². The van der Waals surface area contributed by atoms with Crippen LogP contribution in [-0.2, 0) is 19.6 Å². The number of aliphatic hydroxyl groups excluding tert-OH is 1. The minimum absolute atomic E-state index is 0.0194. The molecule has 0 aliphatic carbocycles. The number of hydrogen-bond acceptors (Lipinski definition) is 3. The molecule has 4 rings (SSSR count). The third-order valence-electron chi connectivity index (χ3n) is 6.18. The second-order valence-corrected chi connectivity index (χ2v) is 9.18. The minimum atomic E-state index is -4.46. The smallest absolute Gasteiger partial charge is 0.396 e. The SMILES string of the molecule is Cc1cc(C(F)(F)F)cc2c1nc(Cc1c(Cl)ccc(C(=O)N3CCC(CO)C3)c1Cl)n2C. The van der Waals surface area contributed by atoms with Gasteiger partial charge in [0.15, 0.2) is 0 Å². The summed E-state index contributed by atoms with van der Waals surface area (Å²) in [7, 11) is 1.64. The average molecular weight is 500 g/mol. The number of halogens is 5. The molecular formula is C23H22Cl2F3N3O2. The van der Waals surface area contributed by atoms with Crippen molar-refractivity contribution in [1.82, 2.24) is 14.5 Å². The number of hydrogen-bond donors (Lipinski definition) is 1. The van der Waals surface area contributed by atoms with Gasteiger partial charge in [-0.1, -0.05) is 23.2 Å². The zero-order chi connectivity index (χ0) is 24.1. The van der Waals surface area contributed by atoms with Gasteiger partial charge in [0.25, 0.3) is 5.91 Å². The number of fused-ring (bicyclic) bond motifs is 1. The highest BCUT2D eigenvalue weighted by atomic mass is 35.5. The van der Waals surface area contributed by atoms with Gasteiger partial charge in [0.05, 0.1) is 27.2 Å². The maximum atomic E-state index is 13.3. The van der Waals surface area contributed by atoms with Crippen molar-refractivity contribution in [2.75, 3.05) is 19.7 Å². The number of aryl methyl sites for hydroxylation is 2. The number of benzene rings is 2. The van der Waals surface area contributed by atoms with Crippen LogP contribution in [0.25, 0.3) is 11.0 Å². The molecule has 1 atom stereocenters. The molecule has 3 aromatic rings. The Hall–Kier alpha value is -2.29. The Labute approximate surface area is 198 Å². The fourth-order valence-electron chi connectivity index (χ4n) is 4.25. The van der Waals surface area contributed by atoms with Gasteiger partial charge in [-0.3, -0.25) is 4.79 Å². The first-order valence-corrected chi connectivity index (χ1v) is 11.2. The standard InChI is InChI=1S/C23H22Cl2F3N3O2/c1-12-7-14(23(26,27)28)8-18-21(12)29-19(30(18)2)9-16-17(24)4-3-15(20(16)25)22(33)31-6-5-13(10-31)11-32/h3-4,7-8,13,32H,5-6,9-11H2,1-2H3. The van der Waals surface area contributed by atoms with Gasteiger partial charge in [-0.05, 0) is 48.7 Å². The molecular weight excluding hydrogens is 478 g/mol. The summed E-state index contributed by atoms with van der Waals surface area (Å²) in [6, 6.07) is 5.31. The van der Waals surface area contributed by atoms with Crippen molar-refractivity contribution in [2.45, 2.75) is 25.9 Å². The highest BCUT2D eigenvalue weighted by Gasteiger charge is 2.32. The van der Waals surface area contributed by atoms with Gasteiger partial charge in [0.2, 0.25) is 0 Å². The number of alkyl halides is 3. The number of rotatable bonds is 4. The molecule has 1 unspecified atom stereocenters. The number of carbonyl (C=O) groups excluding carboxylic acids is 1. The van der Waals surface area contributed by atoms with Crippen LogP contribution in [0.5, 0.6) is 0 Å².